The number of aliphatic hydroxyl groups excluding tert-OH is 1. The van der Waals surface area contributed by atoms with Gasteiger partial charge in [0, 0.05) is 0 Å². The van der Waals surface area contributed by atoms with Gasteiger partial charge in [-0.15, -0.1) is 0 Å². The average Bonchev–Trinajstić information content (AvgIpc) is 2.44. The molecule has 0 aliphatic carbocycles. The van der Waals surface area contributed by atoms with Crippen LogP contribution >= 0.6 is 0 Å². The molecule has 1 N–H and O–H groups in total. The molecule has 20 heavy (non-hydrogen) atoms. The Balaban J connectivity index is 2.43. The summed E-state index contributed by atoms with van der Waals surface area (Å²) < 4.78 is 5.89. The van der Waals surface area contributed by atoms with E-state index in [1.165, 1.54) is 0 Å². The first kappa shape index (κ1) is 14.1. The fourth-order valence-corrected chi connectivity index (χ4v) is 2.08. The first-order valence-electron chi connectivity index (χ1n) is 6.44. The minimum Gasteiger partial charge on any atom is -0.456 e. The third kappa shape index (κ3) is 2.81. The lowest BCUT2D eigenvalue weighted by molar-refractivity contribution is 0.281. The van der Waals surface area contributed by atoms with Crippen LogP contribution in [-0.2, 0) is 6.61 Å². The number of aliphatic hydroxyl groups is 1. The summed E-state index contributed by atoms with van der Waals surface area (Å²) in [4.78, 5) is 0. The number of hydrogen-bond acceptors (Lipinski definition) is 3. The van der Waals surface area contributed by atoms with Crippen LogP contribution < -0.4 is 4.74 Å². The van der Waals surface area contributed by atoms with Crippen molar-refractivity contribution in [1.29, 1.82) is 5.26 Å². The predicted molar refractivity (Wildman–Crippen MR) is 77.8 cm³/mol. The van der Waals surface area contributed by atoms with E-state index in [9.17, 15) is 5.26 Å². The van der Waals surface area contributed by atoms with Crippen LogP contribution in [0.2, 0.25) is 0 Å². The summed E-state index contributed by atoms with van der Waals surface area (Å²) in [5, 5.41) is 18.3. The fraction of sp³-hybridized carbons (Fsp3) is 0.235. The molecule has 0 spiro atoms. The molecule has 3 heteroatoms. The zero-order valence-corrected chi connectivity index (χ0v) is 11.9. The van der Waals surface area contributed by atoms with E-state index in [0.29, 0.717) is 16.9 Å². The Morgan fingerprint density at radius 1 is 1.10 bits per heavy atom. The number of ether oxygens (including phenoxy) is 1. The van der Waals surface area contributed by atoms with Gasteiger partial charge in [0.05, 0.1) is 12.2 Å². The molecule has 3 nitrogen and oxygen atoms in total. The molecule has 0 aromatic heterocycles. The molecule has 0 radical (unpaired) electrons. The molecule has 0 heterocycles. The first-order valence-corrected chi connectivity index (χ1v) is 6.44. The molecule has 0 atom stereocenters. The SMILES string of the molecule is Cc1cc(C)c(C)c(Oc2ccc(CO)cc2C#N)c1. The van der Waals surface area contributed by atoms with Gasteiger partial charge in [0.2, 0.25) is 0 Å². The van der Waals surface area contributed by atoms with Crippen molar-refractivity contribution in [3.63, 3.8) is 0 Å². The monoisotopic (exact) mass is 267 g/mol. The van der Waals surface area contributed by atoms with E-state index in [4.69, 9.17) is 9.84 Å². The summed E-state index contributed by atoms with van der Waals surface area (Å²) in [6.07, 6.45) is 0. The molecule has 0 saturated heterocycles. The summed E-state index contributed by atoms with van der Waals surface area (Å²) in [5.74, 6) is 1.27. The Morgan fingerprint density at radius 3 is 2.50 bits per heavy atom. The summed E-state index contributed by atoms with van der Waals surface area (Å²) in [6.45, 7) is 5.96. The molecule has 2 aromatic rings. The summed E-state index contributed by atoms with van der Waals surface area (Å²) in [7, 11) is 0. The quantitative estimate of drug-likeness (QED) is 0.921. The van der Waals surface area contributed by atoms with Crippen LogP contribution in [0.5, 0.6) is 11.5 Å². The minimum absolute atomic E-state index is 0.0858. The molecule has 102 valence electrons. The third-order valence-electron chi connectivity index (χ3n) is 3.33. The standard InChI is InChI=1S/C17H17NO2/c1-11-6-12(2)13(3)17(7-11)20-16-5-4-14(10-19)8-15(16)9-18/h4-8,19H,10H2,1-3H3. The van der Waals surface area contributed by atoms with Gasteiger partial charge in [0.15, 0.2) is 0 Å². The maximum absolute atomic E-state index is 9.18. The lowest BCUT2D eigenvalue weighted by atomic mass is 10.1. The largest absolute Gasteiger partial charge is 0.456 e. The van der Waals surface area contributed by atoms with Crippen LogP contribution in [-0.4, -0.2) is 5.11 Å². The van der Waals surface area contributed by atoms with E-state index in [0.717, 1.165) is 22.4 Å². The smallest absolute Gasteiger partial charge is 0.145 e. The van der Waals surface area contributed by atoms with Gasteiger partial charge < -0.3 is 9.84 Å². The van der Waals surface area contributed by atoms with Crippen LogP contribution in [0.3, 0.4) is 0 Å². The van der Waals surface area contributed by atoms with Crippen molar-refractivity contribution in [2.75, 3.05) is 0 Å². The predicted octanol–water partition coefficient (Wildman–Crippen LogP) is 3.77. The normalized spacial score (nSPS) is 10.2. The second-order valence-electron chi connectivity index (χ2n) is 4.91. The van der Waals surface area contributed by atoms with Crippen molar-refractivity contribution >= 4 is 0 Å². The number of benzene rings is 2. The van der Waals surface area contributed by atoms with Crippen molar-refractivity contribution in [3.8, 4) is 17.6 Å². The van der Waals surface area contributed by atoms with Gasteiger partial charge in [0.1, 0.15) is 17.6 Å². The van der Waals surface area contributed by atoms with E-state index in [1.807, 2.05) is 26.8 Å². The van der Waals surface area contributed by atoms with Gasteiger partial charge in [0.25, 0.3) is 0 Å². The summed E-state index contributed by atoms with van der Waals surface area (Å²) in [6, 6.07) is 11.3. The Kier molecular flexibility index (Phi) is 4.07. The van der Waals surface area contributed by atoms with Crippen LogP contribution in [0, 0.1) is 32.1 Å². The number of nitrogens with zero attached hydrogens (tertiary/aromatic N) is 1. The molecule has 0 bridgehead atoms. The van der Waals surface area contributed by atoms with Crippen LogP contribution in [0.4, 0.5) is 0 Å². The highest BCUT2D eigenvalue weighted by Gasteiger charge is 2.09. The Morgan fingerprint density at radius 2 is 1.85 bits per heavy atom. The topological polar surface area (TPSA) is 53.2 Å². The molecule has 2 rings (SSSR count). The Hall–Kier alpha value is -2.31. The van der Waals surface area contributed by atoms with Crippen molar-refractivity contribution in [2.24, 2.45) is 0 Å². The highest BCUT2D eigenvalue weighted by Crippen LogP contribution is 2.30. The molecule has 0 unspecified atom stereocenters. The molecule has 0 amide bonds. The van der Waals surface area contributed by atoms with Gasteiger partial charge in [-0.05, 0) is 61.2 Å². The van der Waals surface area contributed by atoms with Gasteiger partial charge in [-0.3, -0.25) is 0 Å². The second kappa shape index (κ2) is 5.77. The van der Waals surface area contributed by atoms with Gasteiger partial charge in [-0.1, -0.05) is 12.1 Å². The van der Waals surface area contributed by atoms with Crippen molar-refractivity contribution in [2.45, 2.75) is 27.4 Å². The molecular weight excluding hydrogens is 250 g/mol. The van der Waals surface area contributed by atoms with Crippen LogP contribution in [0.15, 0.2) is 30.3 Å². The zero-order valence-electron chi connectivity index (χ0n) is 11.9. The van der Waals surface area contributed by atoms with E-state index >= 15 is 0 Å². The number of nitriles is 1. The lowest BCUT2D eigenvalue weighted by Crippen LogP contribution is -1.95. The lowest BCUT2D eigenvalue weighted by Gasteiger charge is -2.13. The maximum Gasteiger partial charge on any atom is 0.145 e. The zero-order chi connectivity index (χ0) is 14.7. The summed E-state index contributed by atoms with van der Waals surface area (Å²) in [5.41, 5.74) is 4.46. The molecule has 0 aliphatic rings. The fourth-order valence-electron chi connectivity index (χ4n) is 2.08. The number of rotatable bonds is 3. The Bertz CT molecular complexity index is 684. The molecule has 2 aromatic carbocycles. The summed E-state index contributed by atoms with van der Waals surface area (Å²) >= 11 is 0. The maximum atomic E-state index is 9.18. The number of aryl methyl sites for hydroxylation is 2. The molecule has 0 saturated carbocycles. The van der Waals surface area contributed by atoms with Gasteiger partial charge in [-0.2, -0.15) is 5.26 Å². The molecule has 0 aliphatic heterocycles. The second-order valence-corrected chi connectivity index (χ2v) is 4.91. The van der Waals surface area contributed by atoms with E-state index in [1.54, 1.807) is 18.2 Å². The highest BCUT2D eigenvalue weighted by atomic mass is 16.5. The molecular formula is C17H17NO2. The average molecular weight is 267 g/mol. The van der Waals surface area contributed by atoms with Crippen molar-refractivity contribution < 1.29 is 9.84 Å². The van der Waals surface area contributed by atoms with Crippen LogP contribution in [0.1, 0.15) is 27.8 Å². The van der Waals surface area contributed by atoms with E-state index in [2.05, 4.69) is 12.1 Å². The van der Waals surface area contributed by atoms with Gasteiger partial charge in [-0.25, -0.2) is 0 Å². The highest BCUT2D eigenvalue weighted by molar-refractivity contribution is 5.50. The van der Waals surface area contributed by atoms with Crippen molar-refractivity contribution in [1.82, 2.24) is 0 Å². The molecule has 0 fully saturated rings. The van der Waals surface area contributed by atoms with Crippen LogP contribution in [0.25, 0.3) is 0 Å². The minimum atomic E-state index is -0.0858. The van der Waals surface area contributed by atoms with E-state index < -0.39 is 0 Å². The first-order chi connectivity index (χ1) is 9.55. The third-order valence-corrected chi connectivity index (χ3v) is 3.33. The van der Waals surface area contributed by atoms with Crippen molar-refractivity contribution in [3.05, 3.63) is 58.1 Å². The Labute approximate surface area is 119 Å². The number of hydrogen-bond donors (Lipinski definition) is 1. The van der Waals surface area contributed by atoms with E-state index in [-0.39, 0.29) is 6.61 Å². The van der Waals surface area contributed by atoms with Gasteiger partial charge >= 0.3 is 0 Å².